The van der Waals surface area contributed by atoms with E-state index >= 15 is 16.8 Å². The van der Waals surface area contributed by atoms with Gasteiger partial charge in [0.05, 0.1) is 76.0 Å². The third-order valence-electron chi connectivity index (χ3n) is 23.2. The Hall–Kier alpha value is -13.8. The molecule has 0 radical (unpaired) electrons. The van der Waals surface area contributed by atoms with Crippen LogP contribution in [0.15, 0.2) is 350 Å². The maximum atomic E-state index is 15.1. The van der Waals surface area contributed by atoms with Crippen molar-refractivity contribution in [1.82, 2.24) is 26.2 Å². The molecule has 0 atom stereocenters. The van der Waals surface area contributed by atoms with E-state index in [1.54, 1.807) is 20.1 Å². The van der Waals surface area contributed by atoms with Crippen LogP contribution in [0.5, 0.6) is 0 Å². The van der Waals surface area contributed by atoms with E-state index in [9.17, 15) is 0 Å². The lowest BCUT2D eigenvalue weighted by Crippen LogP contribution is -2.18. The van der Waals surface area contributed by atoms with Crippen molar-refractivity contribution in [1.29, 1.82) is 0 Å². The van der Waals surface area contributed by atoms with Crippen LogP contribution in [0.4, 0.5) is 0 Å². The van der Waals surface area contributed by atoms with E-state index in [-0.39, 0.29) is 9.79 Å². The quantitative estimate of drug-likeness (QED) is 0.159. The first-order valence-electron chi connectivity index (χ1n) is 36.3. The standard InChI is InChI=1S/C96H56N6O4S2/c103-107(104)93-33-17-11-27-72(93)79-51-62(60-38-44-87-75(50-60)69-25-9-15-31-85(69)97(87)63-19-3-1-4-20-63)52-80-77-49-58(39-45-90(77)101(107)95(79)80)57-36-42-88-76(47-57)71-41-35-61(53-92(71)98(88)64-21-5-2-6-22-64)59-37-43-89-74(48-59)70-26-10-16-32-86(70)100(89)66-55-81-73-28-12-18-34-94(73)108(105,106)102-91-46-40-65(54-78(91)82(56-66)96(81)102)99-83-29-13-7-23-67(83)68-24-8-14-30-84(68)99/h1-56H. The van der Waals surface area contributed by atoms with E-state index in [0.717, 1.165) is 176 Å². The van der Waals surface area contributed by atoms with Gasteiger partial charge in [0.15, 0.2) is 0 Å². The predicted molar refractivity (Wildman–Crippen MR) is 442 cm³/mol. The van der Waals surface area contributed by atoms with Gasteiger partial charge in [0.1, 0.15) is 0 Å². The molecule has 8 heterocycles. The highest BCUT2D eigenvalue weighted by atomic mass is 32.2. The van der Waals surface area contributed by atoms with Crippen molar-refractivity contribution in [3.63, 3.8) is 0 Å². The van der Waals surface area contributed by atoms with Crippen molar-refractivity contribution in [3.05, 3.63) is 340 Å². The molecule has 10 nitrogen and oxygen atoms in total. The molecule has 24 rings (SSSR count). The van der Waals surface area contributed by atoms with Crippen LogP contribution >= 0.6 is 0 Å². The zero-order valence-electron chi connectivity index (χ0n) is 57.5. The summed E-state index contributed by atoms with van der Waals surface area (Å²) in [6.45, 7) is 0. The highest BCUT2D eigenvalue weighted by Crippen LogP contribution is 2.51. The SMILES string of the molecule is O=S1(=O)c2ccccc2-c2cc(-c3ccc4c(c3)c3ccccc3n4-c3ccccc3)cc3c4cc(-c5ccc6c(c5)c5ccc(-c7ccc8c(c7)c7ccccc7n8-c7cc8c9c(c7)c7cc(-n%10c%11ccccc%11c%11ccccc%11%10)ccc7n9S(=O)(=O)c7ccccc7-8)cc5n6-c5ccccc5)ccc4n1c23. The fourth-order valence-electron chi connectivity index (χ4n) is 18.6. The minimum absolute atomic E-state index is 0.278. The lowest BCUT2D eigenvalue weighted by Gasteiger charge is -2.21. The normalized spacial score (nSPS) is 13.7. The molecular formula is C96H56N6O4S2. The lowest BCUT2D eigenvalue weighted by atomic mass is 9.94. The summed E-state index contributed by atoms with van der Waals surface area (Å²) < 4.78 is 72.8. The maximum Gasteiger partial charge on any atom is 0.269 e. The fraction of sp³-hybridized carbons (Fsp3) is 0. The van der Waals surface area contributed by atoms with Gasteiger partial charge in [-0.25, -0.2) is 24.8 Å². The molecule has 2 aliphatic rings. The van der Waals surface area contributed by atoms with Gasteiger partial charge in [-0.1, -0.05) is 182 Å². The summed E-state index contributed by atoms with van der Waals surface area (Å²) in [7, 11) is -8.01. The Bertz CT molecular complexity index is 8040. The van der Waals surface area contributed by atoms with Gasteiger partial charge in [-0.2, -0.15) is 0 Å². The number of hydrogen-bond donors (Lipinski definition) is 0. The Balaban J connectivity index is 0.656. The molecule has 506 valence electrons. The Morgan fingerprint density at radius 3 is 1.00 bits per heavy atom. The third-order valence-corrected chi connectivity index (χ3v) is 26.8. The molecule has 0 fully saturated rings. The van der Waals surface area contributed by atoms with Crippen molar-refractivity contribution in [2.45, 2.75) is 9.79 Å². The van der Waals surface area contributed by atoms with Gasteiger partial charge < -0.3 is 18.3 Å². The minimum Gasteiger partial charge on any atom is -0.309 e. The van der Waals surface area contributed by atoms with Gasteiger partial charge in [0, 0.05) is 110 Å². The Kier molecular flexibility index (Phi) is 11.8. The van der Waals surface area contributed by atoms with Crippen LogP contribution in [0.3, 0.4) is 0 Å². The molecule has 0 spiro atoms. The van der Waals surface area contributed by atoms with E-state index in [4.69, 9.17) is 0 Å². The molecule has 16 aromatic carbocycles. The van der Waals surface area contributed by atoms with Gasteiger partial charge in [-0.3, -0.25) is 0 Å². The van der Waals surface area contributed by atoms with Crippen LogP contribution in [0.1, 0.15) is 0 Å². The Morgan fingerprint density at radius 1 is 0.176 bits per heavy atom. The zero-order valence-corrected chi connectivity index (χ0v) is 59.1. The number of hydrogen-bond acceptors (Lipinski definition) is 4. The second-order valence-corrected chi connectivity index (χ2v) is 32.3. The fourth-order valence-corrected chi connectivity index (χ4v) is 22.1. The number of aromatic nitrogens is 6. The molecule has 0 aliphatic carbocycles. The van der Waals surface area contributed by atoms with Crippen LogP contribution in [-0.2, 0) is 20.0 Å². The molecule has 0 bridgehead atoms. The molecule has 22 aromatic rings. The number of fused-ring (bicyclic) bond motifs is 22. The third kappa shape index (κ3) is 7.97. The number of para-hydroxylation sites is 6. The van der Waals surface area contributed by atoms with E-state index in [1.165, 1.54) is 0 Å². The Labute approximate surface area is 617 Å². The van der Waals surface area contributed by atoms with Crippen LogP contribution < -0.4 is 0 Å². The topological polar surface area (TPSA) is 97.9 Å². The number of rotatable bonds is 7. The molecule has 12 heteroatoms. The number of benzene rings is 16. The maximum absolute atomic E-state index is 15.1. The molecule has 0 saturated carbocycles. The highest BCUT2D eigenvalue weighted by molar-refractivity contribution is 7.91. The van der Waals surface area contributed by atoms with Crippen molar-refractivity contribution < 1.29 is 16.8 Å². The van der Waals surface area contributed by atoms with Crippen LogP contribution in [-0.4, -0.2) is 43.0 Å². The summed E-state index contributed by atoms with van der Waals surface area (Å²) in [4.78, 5) is 0.566. The average Bonchev–Trinajstić information content (AvgIpc) is 1.51. The van der Waals surface area contributed by atoms with Gasteiger partial charge in [-0.15, -0.1) is 0 Å². The molecule has 0 amide bonds. The van der Waals surface area contributed by atoms with Gasteiger partial charge in [-0.05, 0) is 191 Å². The molecule has 0 saturated heterocycles. The van der Waals surface area contributed by atoms with Gasteiger partial charge in [0.2, 0.25) is 0 Å². The molecular weight excluding hydrogens is 1370 g/mol. The summed E-state index contributed by atoms with van der Waals surface area (Å²) in [6.07, 6.45) is 0. The molecule has 6 aromatic heterocycles. The second kappa shape index (κ2) is 21.5. The van der Waals surface area contributed by atoms with E-state index in [1.807, 2.05) is 54.6 Å². The predicted octanol–water partition coefficient (Wildman–Crippen LogP) is 23.7. The van der Waals surface area contributed by atoms with E-state index < -0.39 is 20.0 Å². The first-order chi connectivity index (χ1) is 53.1. The Morgan fingerprint density at radius 2 is 0.491 bits per heavy atom. The van der Waals surface area contributed by atoms with E-state index in [0.29, 0.717) is 33.2 Å². The van der Waals surface area contributed by atoms with Crippen LogP contribution in [0.2, 0.25) is 0 Å². The summed E-state index contributed by atoms with van der Waals surface area (Å²) in [5.41, 5.74) is 24.4. The second-order valence-electron chi connectivity index (χ2n) is 28.8. The summed E-state index contributed by atoms with van der Waals surface area (Å²) in [6, 6.07) is 118. The van der Waals surface area contributed by atoms with Gasteiger partial charge >= 0.3 is 0 Å². The molecule has 2 aliphatic heterocycles. The van der Waals surface area contributed by atoms with Crippen molar-refractivity contribution >= 4 is 151 Å². The smallest absolute Gasteiger partial charge is 0.269 e. The van der Waals surface area contributed by atoms with Crippen molar-refractivity contribution in [3.8, 4) is 78.4 Å². The van der Waals surface area contributed by atoms with Gasteiger partial charge in [0.25, 0.3) is 20.0 Å². The summed E-state index contributed by atoms with van der Waals surface area (Å²) in [5.74, 6) is 0. The molecule has 0 unspecified atom stereocenters. The largest absolute Gasteiger partial charge is 0.309 e. The summed E-state index contributed by atoms with van der Waals surface area (Å²) >= 11 is 0. The minimum atomic E-state index is -4.01. The van der Waals surface area contributed by atoms with Crippen LogP contribution in [0, 0.1) is 0 Å². The van der Waals surface area contributed by atoms with Crippen molar-refractivity contribution in [2.75, 3.05) is 0 Å². The zero-order chi connectivity index (χ0) is 71.2. The monoisotopic (exact) mass is 1420 g/mol. The number of nitrogens with zero attached hydrogens (tertiary/aromatic N) is 6. The molecule has 108 heavy (non-hydrogen) atoms. The average molecular weight is 1420 g/mol. The lowest BCUT2D eigenvalue weighted by molar-refractivity contribution is 0.588. The van der Waals surface area contributed by atoms with E-state index in [2.05, 4.69) is 291 Å². The van der Waals surface area contributed by atoms with Crippen LogP contribution in [0.25, 0.3) is 209 Å². The highest BCUT2D eigenvalue weighted by Gasteiger charge is 2.36. The first-order valence-corrected chi connectivity index (χ1v) is 39.2. The van der Waals surface area contributed by atoms with Crippen molar-refractivity contribution in [2.24, 2.45) is 0 Å². The summed E-state index contributed by atoms with van der Waals surface area (Å²) in [5, 5.41) is 12.4. The molecule has 0 N–H and O–H groups in total. The first kappa shape index (κ1) is 59.6.